The maximum atomic E-state index is 13.1. The highest BCUT2D eigenvalue weighted by Crippen LogP contribution is 2.25. The van der Waals surface area contributed by atoms with Gasteiger partial charge in [0.25, 0.3) is 5.56 Å². The van der Waals surface area contributed by atoms with Crippen molar-refractivity contribution < 1.29 is 4.79 Å². The number of para-hydroxylation sites is 1. The highest BCUT2D eigenvalue weighted by Gasteiger charge is 2.30. The largest absolute Gasteiger partial charge is 0.378 e. The number of rotatable bonds is 5. The van der Waals surface area contributed by atoms with Gasteiger partial charge >= 0.3 is 0 Å². The molecule has 0 aliphatic carbocycles. The summed E-state index contributed by atoms with van der Waals surface area (Å²) in [6.07, 6.45) is 1.68. The van der Waals surface area contributed by atoms with E-state index in [1.807, 2.05) is 80.5 Å². The fraction of sp³-hybridized carbons (Fsp3) is 0.217. The molecule has 32 heavy (non-hydrogen) atoms. The number of hydrogen-bond acceptors (Lipinski definition) is 6. The predicted molar refractivity (Wildman–Crippen MR) is 131 cm³/mol. The van der Waals surface area contributed by atoms with Crippen LogP contribution < -0.4 is 10.5 Å². The van der Waals surface area contributed by atoms with E-state index < -0.39 is 0 Å². The molecule has 164 valence electrons. The van der Waals surface area contributed by atoms with E-state index in [1.54, 1.807) is 22.6 Å². The van der Waals surface area contributed by atoms with Gasteiger partial charge in [-0.15, -0.1) is 0 Å². The normalized spacial score (nSPS) is 15.3. The van der Waals surface area contributed by atoms with E-state index in [0.29, 0.717) is 5.69 Å². The van der Waals surface area contributed by atoms with Crippen molar-refractivity contribution in [3.05, 3.63) is 76.2 Å². The Labute approximate surface area is 190 Å². The number of benzene rings is 2. The lowest BCUT2D eigenvalue weighted by atomic mass is 10.2. The minimum atomic E-state index is -0.281. The molecule has 1 aliphatic heterocycles. The molecule has 1 fully saturated rings. The summed E-state index contributed by atoms with van der Waals surface area (Å²) >= 11 is 1.26. The van der Waals surface area contributed by atoms with Gasteiger partial charge in [0.05, 0.1) is 23.3 Å². The molecule has 1 aromatic heterocycles. The van der Waals surface area contributed by atoms with Crippen LogP contribution in [-0.2, 0) is 11.8 Å². The van der Waals surface area contributed by atoms with Crippen LogP contribution in [0.2, 0.25) is 0 Å². The fourth-order valence-corrected chi connectivity index (χ4v) is 4.06. The van der Waals surface area contributed by atoms with Gasteiger partial charge in [0.2, 0.25) is 11.6 Å². The summed E-state index contributed by atoms with van der Waals surface area (Å²) in [4.78, 5) is 32.1. The van der Waals surface area contributed by atoms with Crippen molar-refractivity contribution in [3.8, 4) is 5.69 Å². The quantitative estimate of drug-likeness (QED) is 0.443. The lowest BCUT2D eigenvalue weighted by molar-refractivity contribution is -0.110. The van der Waals surface area contributed by atoms with E-state index >= 15 is 0 Å². The molecule has 0 spiro atoms. The zero-order valence-electron chi connectivity index (χ0n) is 18.4. The molecule has 4 rings (SSSR count). The number of aliphatic imine (C=N–C) groups is 1. The zero-order chi connectivity index (χ0) is 22.8. The van der Waals surface area contributed by atoms with Crippen molar-refractivity contribution in [1.29, 1.82) is 0 Å². The molecule has 8 nitrogen and oxygen atoms in total. The molecular formula is C23H24N6O2S. The topological polar surface area (TPSA) is 75.2 Å². The van der Waals surface area contributed by atoms with Gasteiger partial charge in [0.1, 0.15) is 0 Å². The summed E-state index contributed by atoms with van der Waals surface area (Å²) in [5, 5.41) is 4.43. The number of carbonyl (C=O) groups is 1. The summed E-state index contributed by atoms with van der Waals surface area (Å²) in [6.45, 7) is 1.81. The van der Waals surface area contributed by atoms with E-state index in [-0.39, 0.29) is 28.6 Å². The van der Waals surface area contributed by atoms with Gasteiger partial charge in [-0.2, -0.15) is 9.52 Å². The van der Waals surface area contributed by atoms with Crippen LogP contribution in [0.25, 0.3) is 5.69 Å². The number of aromatic nitrogens is 2. The van der Waals surface area contributed by atoms with Crippen molar-refractivity contribution in [2.75, 3.05) is 24.7 Å². The van der Waals surface area contributed by atoms with Crippen LogP contribution in [-0.4, -0.2) is 51.5 Å². The number of hydrazone groups is 1. The van der Waals surface area contributed by atoms with Gasteiger partial charge in [0, 0.05) is 26.8 Å². The average Bonchev–Trinajstić information content (AvgIpc) is 3.25. The van der Waals surface area contributed by atoms with E-state index in [4.69, 9.17) is 0 Å². The van der Waals surface area contributed by atoms with Crippen LogP contribution in [0.3, 0.4) is 0 Å². The molecule has 2 heterocycles. The van der Waals surface area contributed by atoms with Gasteiger partial charge in [-0.1, -0.05) is 30.3 Å². The van der Waals surface area contributed by atoms with E-state index in [1.165, 1.54) is 16.4 Å². The standard InChI is InChI=1S/C23H24N6O2S/c1-16-21(23(31)28(27(16)4)19-8-6-5-7-9-19)25-22-20(30)15-32-29(22)24-14-17-10-12-18(13-11-17)26(2)3/h5-14H,15H2,1-4H3. The molecule has 0 amide bonds. The van der Waals surface area contributed by atoms with Crippen molar-refractivity contribution >= 4 is 41.2 Å². The van der Waals surface area contributed by atoms with Crippen LogP contribution >= 0.6 is 11.9 Å². The molecule has 0 saturated carbocycles. The Bertz CT molecular complexity index is 1260. The van der Waals surface area contributed by atoms with Crippen LogP contribution in [0.5, 0.6) is 0 Å². The molecule has 0 unspecified atom stereocenters. The highest BCUT2D eigenvalue weighted by molar-refractivity contribution is 7.99. The van der Waals surface area contributed by atoms with Gasteiger partial charge in [-0.05, 0) is 48.7 Å². The maximum absolute atomic E-state index is 13.1. The Balaban J connectivity index is 1.67. The summed E-state index contributed by atoms with van der Waals surface area (Å²) in [5.41, 5.74) is 3.34. The molecule has 1 aliphatic rings. The number of amidine groups is 1. The molecule has 9 heteroatoms. The molecule has 1 saturated heterocycles. The first kappa shape index (κ1) is 21.6. The molecule has 0 bridgehead atoms. The first-order valence-corrected chi connectivity index (χ1v) is 11.0. The molecule has 0 radical (unpaired) electrons. The monoisotopic (exact) mass is 448 g/mol. The number of Topliss-reactive ketones (excluding diaryl/α,β-unsaturated/α-hetero) is 1. The summed E-state index contributed by atoms with van der Waals surface area (Å²) in [5.74, 6) is 0.222. The number of carbonyl (C=O) groups excluding carboxylic acids is 1. The second kappa shape index (κ2) is 8.88. The van der Waals surface area contributed by atoms with Crippen LogP contribution in [0.1, 0.15) is 11.3 Å². The Hall–Kier alpha value is -3.59. The number of anilines is 1. The Morgan fingerprint density at radius 1 is 1.03 bits per heavy atom. The van der Waals surface area contributed by atoms with Crippen molar-refractivity contribution in [1.82, 2.24) is 13.8 Å². The SMILES string of the molecule is Cc1c(N=C2C(=O)CSN2N=Cc2ccc(N(C)C)cc2)c(=O)n(-c2ccccc2)n1C. The lowest BCUT2D eigenvalue weighted by Gasteiger charge is -2.12. The zero-order valence-corrected chi connectivity index (χ0v) is 19.2. The van der Waals surface area contributed by atoms with Crippen molar-refractivity contribution in [2.24, 2.45) is 17.1 Å². The summed E-state index contributed by atoms with van der Waals surface area (Å²) < 4.78 is 4.77. The second-order valence-electron chi connectivity index (χ2n) is 7.55. The Kier molecular flexibility index (Phi) is 6.00. The van der Waals surface area contributed by atoms with Gasteiger partial charge < -0.3 is 4.90 Å². The molecule has 2 aromatic carbocycles. The molecule has 3 aromatic rings. The Morgan fingerprint density at radius 2 is 1.72 bits per heavy atom. The minimum Gasteiger partial charge on any atom is -0.378 e. The van der Waals surface area contributed by atoms with Gasteiger partial charge in [-0.25, -0.2) is 9.67 Å². The molecule has 0 N–H and O–H groups in total. The third-order valence-electron chi connectivity index (χ3n) is 5.21. The highest BCUT2D eigenvalue weighted by atomic mass is 32.2. The molecular weight excluding hydrogens is 424 g/mol. The minimum absolute atomic E-state index is 0.155. The van der Waals surface area contributed by atoms with Gasteiger partial charge in [-0.3, -0.25) is 14.3 Å². The summed E-state index contributed by atoms with van der Waals surface area (Å²) in [6, 6.07) is 17.2. The molecule has 0 atom stereocenters. The predicted octanol–water partition coefficient (Wildman–Crippen LogP) is 3.15. The van der Waals surface area contributed by atoms with E-state index in [0.717, 1.165) is 16.9 Å². The Morgan fingerprint density at radius 3 is 2.38 bits per heavy atom. The first-order chi connectivity index (χ1) is 15.4. The fourth-order valence-electron chi connectivity index (χ4n) is 3.31. The van der Waals surface area contributed by atoms with Crippen LogP contribution in [0, 0.1) is 6.92 Å². The van der Waals surface area contributed by atoms with Crippen molar-refractivity contribution in [2.45, 2.75) is 6.92 Å². The van der Waals surface area contributed by atoms with Gasteiger partial charge in [0.15, 0.2) is 5.69 Å². The van der Waals surface area contributed by atoms with E-state index in [9.17, 15) is 9.59 Å². The third-order valence-corrected chi connectivity index (χ3v) is 6.11. The summed E-state index contributed by atoms with van der Waals surface area (Å²) in [7, 11) is 5.76. The maximum Gasteiger partial charge on any atom is 0.297 e. The second-order valence-corrected chi connectivity index (χ2v) is 8.44. The number of ketones is 1. The third kappa shape index (κ3) is 4.11. The average molecular weight is 449 g/mol. The van der Waals surface area contributed by atoms with Crippen molar-refractivity contribution in [3.63, 3.8) is 0 Å². The smallest absolute Gasteiger partial charge is 0.297 e. The lowest BCUT2D eigenvalue weighted by Crippen LogP contribution is -2.22. The van der Waals surface area contributed by atoms with Crippen LogP contribution in [0.4, 0.5) is 11.4 Å². The van der Waals surface area contributed by atoms with Crippen LogP contribution in [0.15, 0.2) is 69.5 Å². The van der Waals surface area contributed by atoms with E-state index in [2.05, 4.69) is 10.1 Å². The first-order valence-electron chi connectivity index (χ1n) is 10.1. The number of hydrogen-bond donors (Lipinski definition) is 0. The number of nitrogens with zero attached hydrogens (tertiary/aromatic N) is 6.